The van der Waals surface area contributed by atoms with Gasteiger partial charge in [-0.3, -0.25) is 9.59 Å². The van der Waals surface area contributed by atoms with Gasteiger partial charge < -0.3 is 20.1 Å². The third kappa shape index (κ3) is 3.13. The van der Waals surface area contributed by atoms with E-state index in [9.17, 15) is 19.8 Å². The van der Waals surface area contributed by atoms with E-state index in [4.69, 9.17) is 11.6 Å². The Hall–Kier alpha value is -1.89. The highest BCUT2D eigenvalue weighted by molar-refractivity contribution is 6.35. The van der Waals surface area contributed by atoms with Crippen LogP contribution in [0, 0.1) is 11.8 Å². The number of aromatic nitrogens is 1. The third-order valence-electron chi connectivity index (χ3n) is 6.53. The summed E-state index contributed by atoms with van der Waals surface area (Å²) in [6.07, 6.45) is 5.50. The van der Waals surface area contributed by atoms with Crippen LogP contribution in [-0.2, 0) is 0 Å². The van der Waals surface area contributed by atoms with Crippen molar-refractivity contribution in [3.8, 4) is 0 Å². The second kappa shape index (κ2) is 7.17. The maximum Gasteiger partial charge on any atom is 0.258 e. The smallest absolute Gasteiger partial charge is 0.258 e. The van der Waals surface area contributed by atoms with Gasteiger partial charge >= 0.3 is 0 Å². The molecule has 4 atom stereocenters. The van der Waals surface area contributed by atoms with Crippen molar-refractivity contribution in [1.82, 2.24) is 9.88 Å². The van der Waals surface area contributed by atoms with Gasteiger partial charge in [0.05, 0.1) is 28.8 Å². The molecule has 0 radical (unpaired) electrons. The number of benzene rings is 1. The van der Waals surface area contributed by atoms with Gasteiger partial charge in [-0.2, -0.15) is 0 Å². The highest BCUT2D eigenvalue weighted by Crippen LogP contribution is 2.50. The average molecular weight is 405 g/mol. The molecule has 28 heavy (non-hydrogen) atoms. The number of carbonyl (C=O) groups is 1. The number of pyridine rings is 1. The highest BCUT2D eigenvalue weighted by atomic mass is 35.5. The van der Waals surface area contributed by atoms with Gasteiger partial charge in [-0.1, -0.05) is 11.6 Å². The zero-order valence-electron chi connectivity index (χ0n) is 15.8. The number of aliphatic hydroxyl groups excluding tert-OH is 1. The summed E-state index contributed by atoms with van der Waals surface area (Å²) < 4.78 is 1.44. The number of nitrogens with zero attached hydrogens (tertiary/aromatic N) is 1. The van der Waals surface area contributed by atoms with Gasteiger partial charge in [0.2, 0.25) is 0 Å². The van der Waals surface area contributed by atoms with Gasteiger partial charge in [0, 0.05) is 23.5 Å². The molecule has 0 spiro atoms. The minimum absolute atomic E-state index is 0.160. The van der Waals surface area contributed by atoms with Gasteiger partial charge in [0.15, 0.2) is 0 Å². The normalized spacial score (nSPS) is 27.3. The van der Waals surface area contributed by atoms with Gasteiger partial charge in [-0.05, 0) is 62.6 Å². The van der Waals surface area contributed by atoms with Crippen LogP contribution >= 0.6 is 11.6 Å². The van der Waals surface area contributed by atoms with Crippen LogP contribution in [0.1, 0.15) is 49.0 Å². The third-order valence-corrected chi connectivity index (χ3v) is 6.84. The lowest BCUT2D eigenvalue weighted by Gasteiger charge is -2.32. The van der Waals surface area contributed by atoms with Crippen molar-refractivity contribution in [2.24, 2.45) is 11.8 Å². The molecule has 3 N–H and O–H groups in total. The molecule has 0 saturated heterocycles. The molecule has 1 amide bonds. The van der Waals surface area contributed by atoms with Gasteiger partial charge in [0.25, 0.3) is 11.5 Å². The summed E-state index contributed by atoms with van der Waals surface area (Å²) in [5.74, 6) is 0.409. The largest absolute Gasteiger partial charge is 0.394 e. The van der Waals surface area contributed by atoms with Crippen molar-refractivity contribution in [3.05, 3.63) is 45.3 Å². The number of nitrogens with one attached hydrogen (secondary N) is 1. The molecule has 2 aliphatic rings. The number of amides is 1. The number of halogens is 1. The lowest BCUT2D eigenvalue weighted by molar-refractivity contribution is -0.0109. The Kier molecular flexibility index (Phi) is 4.98. The topological polar surface area (TPSA) is 91.6 Å². The summed E-state index contributed by atoms with van der Waals surface area (Å²) in [6, 6.07) is 4.45. The first-order chi connectivity index (χ1) is 13.3. The number of rotatable bonds is 5. The van der Waals surface area contributed by atoms with Crippen LogP contribution in [0.5, 0.6) is 0 Å². The first-order valence-corrected chi connectivity index (χ1v) is 10.2. The molecular formula is C21H25ClN2O4. The molecule has 2 fully saturated rings. The number of aliphatic hydroxyl groups is 2. The molecule has 150 valence electrons. The molecule has 4 rings (SSSR count). The van der Waals surface area contributed by atoms with Crippen LogP contribution in [-0.4, -0.2) is 39.4 Å². The molecule has 2 saturated carbocycles. The average Bonchev–Trinajstić information content (AvgIpc) is 3.26. The summed E-state index contributed by atoms with van der Waals surface area (Å²) in [5, 5.41) is 24.2. The quantitative estimate of drug-likeness (QED) is 0.714. The van der Waals surface area contributed by atoms with Crippen LogP contribution in [0.2, 0.25) is 5.02 Å². The van der Waals surface area contributed by atoms with Crippen molar-refractivity contribution in [1.29, 1.82) is 0 Å². The predicted molar refractivity (Wildman–Crippen MR) is 108 cm³/mol. The van der Waals surface area contributed by atoms with Crippen molar-refractivity contribution in [2.45, 2.75) is 44.2 Å². The second-order valence-corrected chi connectivity index (χ2v) is 8.72. The Morgan fingerprint density at radius 1 is 1.36 bits per heavy atom. The fourth-order valence-electron chi connectivity index (χ4n) is 4.93. The highest BCUT2D eigenvalue weighted by Gasteiger charge is 2.49. The number of carbonyl (C=O) groups excluding carboxylic acids is 1. The molecule has 2 aromatic rings. The minimum Gasteiger partial charge on any atom is -0.394 e. The van der Waals surface area contributed by atoms with Gasteiger partial charge in [-0.25, -0.2) is 0 Å². The molecule has 0 aliphatic heterocycles. The fraction of sp³-hybridized carbons (Fsp3) is 0.524. The first kappa shape index (κ1) is 19.4. The predicted octanol–water partition coefficient (Wildman–Crippen LogP) is 2.49. The number of hydrogen-bond acceptors (Lipinski definition) is 4. The lowest BCUT2D eigenvalue weighted by atomic mass is 9.84. The molecule has 3 unspecified atom stereocenters. The number of hydrogen-bond donors (Lipinski definition) is 3. The van der Waals surface area contributed by atoms with E-state index in [2.05, 4.69) is 5.32 Å². The van der Waals surface area contributed by atoms with Crippen LogP contribution in [0.15, 0.2) is 29.2 Å². The van der Waals surface area contributed by atoms with E-state index in [1.54, 1.807) is 31.3 Å². The molecular weight excluding hydrogens is 380 g/mol. The van der Waals surface area contributed by atoms with Crippen molar-refractivity contribution in [2.75, 3.05) is 13.2 Å². The van der Waals surface area contributed by atoms with Crippen molar-refractivity contribution < 1.29 is 15.0 Å². The van der Waals surface area contributed by atoms with E-state index in [-0.39, 0.29) is 47.2 Å². The van der Waals surface area contributed by atoms with Gasteiger partial charge in [0.1, 0.15) is 0 Å². The summed E-state index contributed by atoms with van der Waals surface area (Å²) in [5.41, 5.74) is -0.887. The maximum absolute atomic E-state index is 12.9. The van der Waals surface area contributed by atoms with Crippen LogP contribution in [0.25, 0.3) is 10.8 Å². The van der Waals surface area contributed by atoms with Gasteiger partial charge in [-0.15, -0.1) is 0 Å². The van der Waals surface area contributed by atoms with Crippen molar-refractivity contribution >= 4 is 28.3 Å². The fourth-order valence-corrected chi connectivity index (χ4v) is 5.18. The summed E-state index contributed by atoms with van der Waals surface area (Å²) in [6.45, 7) is 1.78. The SMILES string of the molecule is C[C@H](CO)n1ccc2c(C(=O)NCC3(O)CC4CCC3C4)c(Cl)ccc2c1=O. The molecule has 1 aromatic carbocycles. The van der Waals surface area contributed by atoms with Crippen molar-refractivity contribution in [3.63, 3.8) is 0 Å². The van der Waals surface area contributed by atoms with E-state index in [0.717, 1.165) is 25.7 Å². The zero-order chi connectivity index (χ0) is 20.1. The van der Waals surface area contributed by atoms with E-state index >= 15 is 0 Å². The first-order valence-electron chi connectivity index (χ1n) is 9.79. The molecule has 6 nitrogen and oxygen atoms in total. The second-order valence-electron chi connectivity index (χ2n) is 8.31. The zero-order valence-corrected chi connectivity index (χ0v) is 16.6. The Balaban J connectivity index is 1.64. The standard InChI is InChI=1S/C21H25ClN2O4/c1-12(10-25)24-7-6-15-16(20(24)27)4-5-17(22)18(15)19(26)23-11-21(28)9-13-2-3-14(21)8-13/h4-7,12-14,25,28H,2-3,8-11H2,1H3,(H,23,26)/t12-,13?,14?,21?/m1/s1. The Morgan fingerprint density at radius 2 is 2.14 bits per heavy atom. The van der Waals surface area contributed by atoms with Crippen LogP contribution in [0.4, 0.5) is 0 Å². The molecule has 2 bridgehead atoms. The molecule has 2 aliphatic carbocycles. The summed E-state index contributed by atoms with van der Waals surface area (Å²) in [7, 11) is 0. The monoisotopic (exact) mass is 404 g/mol. The van der Waals surface area contributed by atoms with Crippen LogP contribution < -0.4 is 10.9 Å². The van der Waals surface area contributed by atoms with E-state index in [1.165, 1.54) is 4.57 Å². The van der Waals surface area contributed by atoms with E-state index < -0.39 is 5.60 Å². The summed E-state index contributed by atoms with van der Waals surface area (Å²) >= 11 is 6.30. The Bertz CT molecular complexity index is 988. The Labute approximate surface area is 168 Å². The maximum atomic E-state index is 12.9. The minimum atomic E-state index is -0.848. The summed E-state index contributed by atoms with van der Waals surface area (Å²) in [4.78, 5) is 25.7. The van der Waals surface area contributed by atoms with Crippen LogP contribution in [0.3, 0.4) is 0 Å². The molecule has 1 aromatic heterocycles. The lowest BCUT2D eigenvalue weighted by Crippen LogP contribution is -2.46. The molecule has 7 heteroatoms. The van der Waals surface area contributed by atoms with E-state index in [0.29, 0.717) is 16.7 Å². The molecule has 1 heterocycles. The Morgan fingerprint density at radius 3 is 2.79 bits per heavy atom. The number of fused-ring (bicyclic) bond motifs is 3. The van der Waals surface area contributed by atoms with E-state index in [1.807, 2.05) is 0 Å².